The van der Waals surface area contributed by atoms with Gasteiger partial charge in [0.05, 0.1) is 6.10 Å². The van der Waals surface area contributed by atoms with Crippen molar-refractivity contribution in [2.24, 2.45) is 0 Å². The highest BCUT2D eigenvalue weighted by Crippen LogP contribution is 2.20. The average Bonchev–Trinajstić information content (AvgIpc) is 2.35. The molecule has 5 unspecified atom stereocenters. The Morgan fingerprint density at radius 1 is 0.941 bits per heavy atom. The van der Waals surface area contributed by atoms with E-state index in [1.54, 1.807) is 0 Å². The van der Waals surface area contributed by atoms with Gasteiger partial charge in [0, 0.05) is 0 Å². The van der Waals surface area contributed by atoms with Gasteiger partial charge < -0.3 is 25.2 Å². The quantitative estimate of drug-likeness (QED) is 0.523. The Morgan fingerprint density at radius 2 is 1.35 bits per heavy atom. The van der Waals surface area contributed by atoms with Crippen LogP contribution in [0.5, 0.6) is 0 Å². The summed E-state index contributed by atoms with van der Waals surface area (Å²) >= 11 is 0. The summed E-state index contributed by atoms with van der Waals surface area (Å²) in [5, 5.41) is 36.1. The molecule has 1 rings (SSSR count). The summed E-state index contributed by atoms with van der Waals surface area (Å²) in [5.74, 6) is -1.36. The summed E-state index contributed by atoms with van der Waals surface area (Å²) in [6, 6.07) is 0. The Morgan fingerprint density at radius 3 is 1.71 bits per heavy atom. The maximum absolute atomic E-state index is 10.5. The standard InChI is InChI=1S/C7H12O6.2C2H6/c1-2-3(8)4(9)5(10)6(13-2)7(11)12;2*1-2/h2-6,8-10H,1H3,(H,11,12);2*1-2H3. The third kappa shape index (κ3) is 4.99. The molecule has 0 bridgehead atoms. The smallest absolute Gasteiger partial charge is 0.335 e. The molecule has 0 aromatic rings. The predicted octanol–water partition coefficient (Wildman–Crippen LogP) is -0.00660. The lowest BCUT2D eigenvalue weighted by atomic mass is 9.96. The van der Waals surface area contributed by atoms with Gasteiger partial charge in [-0.05, 0) is 6.92 Å². The van der Waals surface area contributed by atoms with Gasteiger partial charge in [-0.15, -0.1) is 0 Å². The second-order valence-corrected chi connectivity index (χ2v) is 3.07. The molecule has 1 heterocycles. The van der Waals surface area contributed by atoms with Crippen molar-refractivity contribution in [3.05, 3.63) is 0 Å². The number of carbonyl (C=O) groups is 1. The summed E-state index contributed by atoms with van der Waals surface area (Å²) in [6.45, 7) is 9.43. The summed E-state index contributed by atoms with van der Waals surface area (Å²) in [6.07, 6.45) is -6.62. The first-order valence-corrected chi connectivity index (χ1v) is 5.87. The maximum Gasteiger partial charge on any atom is 0.335 e. The van der Waals surface area contributed by atoms with Crippen molar-refractivity contribution in [2.75, 3.05) is 0 Å². The molecular formula is C11H24O6. The van der Waals surface area contributed by atoms with E-state index in [0.717, 1.165) is 0 Å². The molecule has 6 nitrogen and oxygen atoms in total. The molecule has 0 radical (unpaired) electrons. The van der Waals surface area contributed by atoms with Gasteiger partial charge in [-0.1, -0.05) is 27.7 Å². The minimum Gasteiger partial charge on any atom is -0.479 e. The fourth-order valence-electron chi connectivity index (χ4n) is 1.26. The molecule has 0 amide bonds. The van der Waals surface area contributed by atoms with Crippen LogP contribution in [0.1, 0.15) is 34.6 Å². The number of carboxylic acid groups (broad SMARTS) is 1. The van der Waals surface area contributed by atoms with Crippen LogP contribution in [0, 0.1) is 0 Å². The average molecular weight is 252 g/mol. The molecule has 0 spiro atoms. The van der Waals surface area contributed by atoms with Crippen LogP contribution < -0.4 is 0 Å². The molecule has 0 aliphatic carbocycles. The number of rotatable bonds is 1. The third-order valence-electron chi connectivity index (χ3n) is 2.10. The van der Waals surface area contributed by atoms with Gasteiger partial charge in [0.1, 0.15) is 18.3 Å². The van der Waals surface area contributed by atoms with E-state index < -0.39 is 36.5 Å². The number of aliphatic hydroxyl groups excluding tert-OH is 3. The molecule has 4 N–H and O–H groups in total. The van der Waals surface area contributed by atoms with Crippen molar-refractivity contribution < 1.29 is 30.0 Å². The van der Waals surface area contributed by atoms with Crippen LogP contribution in [-0.4, -0.2) is 56.9 Å². The molecule has 0 saturated carbocycles. The van der Waals surface area contributed by atoms with Crippen molar-refractivity contribution >= 4 is 5.97 Å². The summed E-state index contributed by atoms with van der Waals surface area (Å²) in [4.78, 5) is 10.5. The first-order valence-electron chi connectivity index (χ1n) is 5.87. The molecule has 1 saturated heterocycles. The minimum atomic E-state index is -1.59. The van der Waals surface area contributed by atoms with Gasteiger partial charge in [0.25, 0.3) is 0 Å². The predicted molar refractivity (Wildman–Crippen MR) is 62.7 cm³/mol. The third-order valence-corrected chi connectivity index (χ3v) is 2.10. The van der Waals surface area contributed by atoms with E-state index in [2.05, 4.69) is 0 Å². The molecule has 17 heavy (non-hydrogen) atoms. The second kappa shape index (κ2) is 9.35. The van der Waals surface area contributed by atoms with E-state index in [-0.39, 0.29) is 0 Å². The van der Waals surface area contributed by atoms with Crippen LogP contribution in [0.2, 0.25) is 0 Å². The summed E-state index contributed by atoms with van der Waals surface area (Å²) in [7, 11) is 0. The van der Waals surface area contributed by atoms with Crippen LogP contribution in [0.3, 0.4) is 0 Å². The van der Waals surface area contributed by atoms with E-state index in [1.807, 2.05) is 27.7 Å². The molecular weight excluding hydrogens is 228 g/mol. The fourth-order valence-corrected chi connectivity index (χ4v) is 1.26. The monoisotopic (exact) mass is 252 g/mol. The van der Waals surface area contributed by atoms with Gasteiger partial charge >= 0.3 is 5.97 Å². The first-order chi connectivity index (χ1) is 7.95. The van der Waals surface area contributed by atoms with Crippen LogP contribution in [0.15, 0.2) is 0 Å². The molecule has 1 fully saturated rings. The largest absolute Gasteiger partial charge is 0.479 e. The van der Waals surface area contributed by atoms with Crippen molar-refractivity contribution in [1.82, 2.24) is 0 Å². The normalized spacial score (nSPS) is 35.9. The zero-order valence-electron chi connectivity index (χ0n) is 11.0. The van der Waals surface area contributed by atoms with Crippen LogP contribution in [0.4, 0.5) is 0 Å². The highest BCUT2D eigenvalue weighted by atomic mass is 16.6. The zero-order chi connectivity index (χ0) is 14.2. The number of ether oxygens (including phenoxy) is 1. The van der Waals surface area contributed by atoms with Crippen LogP contribution in [0.25, 0.3) is 0 Å². The topological polar surface area (TPSA) is 107 Å². The SMILES string of the molecule is CC.CC.CC1OC(C(=O)O)C(O)C(O)C1O. The second-order valence-electron chi connectivity index (χ2n) is 3.07. The number of hydrogen-bond donors (Lipinski definition) is 4. The Bertz CT molecular complexity index is 208. The van der Waals surface area contributed by atoms with Gasteiger partial charge in [-0.2, -0.15) is 0 Å². The minimum absolute atomic E-state index is 0.806. The molecule has 5 atom stereocenters. The van der Waals surface area contributed by atoms with Gasteiger partial charge in [-0.25, -0.2) is 4.79 Å². The Labute approximate surface area is 102 Å². The molecule has 1 aliphatic heterocycles. The number of hydrogen-bond acceptors (Lipinski definition) is 5. The van der Waals surface area contributed by atoms with E-state index in [9.17, 15) is 20.1 Å². The van der Waals surface area contributed by atoms with Crippen LogP contribution >= 0.6 is 0 Å². The Hall–Kier alpha value is -0.690. The summed E-state index contributed by atoms with van der Waals surface area (Å²) < 4.78 is 4.78. The van der Waals surface area contributed by atoms with Crippen LogP contribution in [-0.2, 0) is 9.53 Å². The van der Waals surface area contributed by atoms with Crippen molar-refractivity contribution in [1.29, 1.82) is 0 Å². The highest BCUT2D eigenvalue weighted by Gasteiger charge is 2.44. The maximum atomic E-state index is 10.5. The zero-order valence-corrected chi connectivity index (χ0v) is 11.0. The molecule has 0 aromatic carbocycles. The number of aliphatic carboxylic acids is 1. The van der Waals surface area contributed by atoms with Crippen molar-refractivity contribution in [3.8, 4) is 0 Å². The van der Waals surface area contributed by atoms with Crippen molar-refractivity contribution in [3.63, 3.8) is 0 Å². The number of aliphatic hydroxyl groups is 3. The fraction of sp³-hybridized carbons (Fsp3) is 0.909. The lowest BCUT2D eigenvalue weighted by Crippen LogP contribution is -2.58. The molecule has 104 valence electrons. The lowest BCUT2D eigenvalue weighted by Gasteiger charge is -2.37. The number of carboxylic acids is 1. The van der Waals surface area contributed by atoms with E-state index in [0.29, 0.717) is 0 Å². The van der Waals surface area contributed by atoms with E-state index in [4.69, 9.17) is 9.84 Å². The molecule has 0 aromatic heterocycles. The Balaban J connectivity index is 0. The molecule has 1 aliphatic rings. The van der Waals surface area contributed by atoms with Gasteiger partial charge in [0.2, 0.25) is 0 Å². The van der Waals surface area contributed by atoms with Crippen molar-refractivity contribution in [2.45, 2.75) is 65.1 Å². The highest BCUT2D eigenvalue weighted by molar-refractivity contribution is 5.73. The molecule has 6 heteroatoms. The lowest BCUT2D eigenvalue weighted by molar-refractivity contribution is -0.223. The van der Waals surface area contributed by atoms with E-state index >= 15 is 0 Å². The van der Waals surface area contributed by atoms with Gasteiger partial charge in [0.15, 0.2) is 6.10 Å². The summed E-state index contributed by atoms with van der Waals surface area (Å²) in [5.41, 5.74) is 0. The van der Waals surface area contributed by atoms with Gasteiger partial charge in [-0.3, -0.25) is 0 Å². The van der Waals surface area contributed by atoms with E-state index in [1.165, 1.54) is 6.92 Å². The first kappa shape index (κ1) is 18.7. The Kier molecular flexibility index (Phi) is 10.3.